The van der Waals surface area contributed by atoms with Gasteiger partial charge in [-0.15, -0.1) is 0 Å². The van der Waals surface area contributed by atoms with Crippen LogP contribution in [0.25, 0.3) is 6.08 Å². The van der Waals surface area contributed by atoms with E-state index in [1.54, 1.807) is 25.1 Å². The minimum Gasteiger partial charge on any atom is -0.503 e. The third-order valence-corrected chi connectivity index (χ3v) is 4.86. The lowest BCUT2D eigenvalue weighted by Crippen LogP contribution is -2.54. The number of imide groups is 2. The number of barbiturate groups is 1. The highest BCUT2D eigenvalue weighted by Crippen LogP contribution is 2.36. The molecule has 2 aromatic carbocycles. The van der Waals surface area contributed by atoms with E-state index in [1.165, 1.54) is 25.3 Å². The summed E-state index contributed by atoms with van der Waals surface area (Å²) in [6, 6.07) is 6.65. The van der Waals surface area contributed by atoms with Gasteiger partial charge in [0.1, 0.15) is 5.57 Å². The quantitative estimate of drug-likeness (QED) is 0.582. The lowest BCUT2D eigenvalue weighted by Gasteiger charge is -2.27. The topological polar surface area (TPSA) is 95.9 Å². The number of nitrogens with zero attached hydrogens (tertiary/aromatic N) is 1. The van der Waals surface area contributed by atoms with E-state index in [9.17, 15) is 19.5 Å². The summed E-state index contributed by atoms with van der Waals surface area (Å²) < 4.78 is 5.02. The maximum Gasteiger partial charge on any atom is 0.335 e. The third-order valence-electron chi connectivity index (χ3n) is 4.16. The molecule has 0 atom stereocenters. The van der Waals surface area contributed by atoms with Crippen LogP contribution in [0.3, 0.4) is 0 Å². The van der Waals surface area contributed by atoms with E-state index >= 15 is 0 Å². The number of nitrogens with one attached hydrogen (secondary N) is 1. The number of halogens is 2. The van der Waals surface area contributed by atoms with E-state index in [0.29, 0.717) is 16.1 Å². The summed E-state index contributed by atoms with van der Waals surface area (Å²) in [4.78, 5) is 38.4. The van der Waals surface area contributed by atoms with Gasteiger partial charge in [0.05, 0.1) is 17.8 Å². The number of rotatable bonds is 3. The Morgan fingerprint density at radius 2 is 1.86 bits per heavy atom. The number of anilines is 1. The molecule has 2 N–H and O–H groups in total. The fraction of sp³-hybridized carbons (Fsp3) is 0.105. The van der Waals surface area contributed by atoms with Gasteiger partial charge >= 0.3 is 6.03 Å². The Kier molecular flexibility index (Phi) is 5.31. The molecule has 1 aliphatic heterocycles. The first-order valence-electron chi connectivity index (χ1n) is 7.97. The van der Waals surface area contributed by atoms with Crippen LogP contribution in [0.2, 0.25) is 10.0 Å². The van der Waals surface area contributed by atoms with Crippen molar-refractivity contribution in [2.45, 2.75) is 6.92 Å². The van der Waals surface area contributed by atoms with Gasteiger partial charge in [0.2, 0.25) is 0 Å². The molecule has 1 heterocycles. The van der Waals surface area contributed by atoms with E-state index < -0.39 is 17.8 Å². The number of phenols is 1. The minimum absolute atomic E-state index is 0.0199. The van der Waals surface area contributed by atoms with Gasteiger partial charge in [0.15, 0.2) is 11.5 Å². The summed E-state index contributed by atoms with van der Waals surface area (Å²) in [5, 5.41) is 12.3. The van der Waals surface area contributed by atoms with E-state index in [2.05, 4.69) is 5.32 Å². The second kappa shape index (κ2) is 7.53. The zero-order valence-corrected chi connectivity index (χ0v) is 16.3. The lowest BCUT2D eigenvalue weighted by atomic mass is 10.1. The summed E-state index contributed by atoms with van der Waals surface area (Å²) in [6.45, 7) is 1.66. The highest BCUT2D eigenvalue weighted by atomic mass is 35.5. The molecule has 9 heteroatoms. The Balaban J connectivity index is 2.09. The first kappa shape index (κ1) is 19.7. The Morgan fingerprint density at radius 3 is 2.54 bits per heavy atom. The number of carbonyl (C=O) groups excluding carboxylic acids is 3. The fourth-order valence-electron chi connectivity index (χ4n) is 2.71. The maximum absolute atomic E-state index is 12.9. The molecule has 1 saturated heterocycles. The van der Waals surface area contributed by atoms with Crippen molar-refractivity contribution in [2.24, 2.45) is 0 Å². The molecule has 1 aliphatic rings. The SMILES string of the molecule is COc1cc(C=C2C(=O)NC(=O)N(c3cccc(Cl)c3C)C2=O)cc(Cl)c1O. The summed E-state index contributed by atoms with van der Waals surface area (Å²) in [6.07, 6.45) is 1.25. The summed E-state index contributed by atoms with van der Waals surface area (Å²) in [7, 11) is 1.34. The van der Waals surface area contributed by atoms with Crippen LogP contribution in [0.1, 0.15) is 11.1 Å². The van der Waals surface area contributed by atoms with Crippen molar-refractivity contribution < 1.29 is 24.2 Å². The van der Waals surface area contributed by atoms with Gasteiger partial charge in [-0.3, -0.25) is 14.9 Å². The molecule has 144 valence electrons. The summed E-state index contributed by atoms with van der Waals surface area (Å²) in [5.74, 6) is -1.87. The second-order valence-electron chi connectivity index (χ2n) is 5.90. The number of urea groups is 1. The number of amides is 4. The van der Waals surface area contributed by atoms with Gasteiger partial charge in [0.25, 0.3) is 11.8 Å². The number of hydrogen-bond acceptors (Lipinski definition) is 5. The van der Waals surface area contributed by atoms with Crippen molar-refractivity contribution in [1.82, 2.24) is 5.32 Å². The molecule has 0 aliphatic carbocycles. The van der Waals surface area contributed by atoms with Gasteiger partial charge in [-0.2, -0.15) is 0 Å². The van der Waals surface area contributed by atoms with E-state index in [-0.39, 0.29) is 27.8 Å². The van der Waals surface area contributed by atoms with Crippen molar-refractivity contribution in [3.05, 3.63) is 57.1 Å². The Morgan fingerprint density at radius 1 is 1.14 bits per heavy atom. The minimum atomic E-state index is -0.876. The molecule has 28 heavy (non-hydrogen) atoms. The van der Waals surface area contributed by atoms with Crippen LogP contribution in [-0.2, 0) is 9.59 Å². The predicted molar refractivity (Wildman–Crippen MR) is 105 cm³/mol. The van der Waals surface area contributed by atoms with Crippen LogP contribution in [-0.4, -0.2) is 30.1 Å². The van der Waals surface area contributed by atoms with Gasteiger partial charge in [-0.05, 0) is 48.4 Å². The molecule has 7 nitrogen and oxygen atoms in total. The largest absolute Gasteiger partial charge is 0.503 e. The van der Waals surface area contributed by atoms with Crippen molar-refractivity contribution in [1.29, 1.82) is 0 Å². The molecule has 0 aromatic heterocycles. The molecule has 0 radical (unpaired) electrons. The molecule has 0 saturated carbocycles. The smallest absolute Gasteiger partial charge is 0.335 e. The van der Waals surface area contributed by atoms with Crippen molar-refractivity contribution in [3.8, 4) is 11.5 Å². The van der Waals surface area contributed by atoms with Gasteiger partial charge in [-0.1, -0.05) is 29.3 Å². The van der Waals surface area contributed by atoms with Crippen molar-refractivity contribution >= 4 is 52.8 Å². The summed E-state index contributed by atoms with van der Waals surface area (Å²) in [5.41, 5.74) is 0.809. The zero-order chi connectivity index (χ0) is 20.6. The van der Waals surface area contributed by atoms with Crippen LogP contribution in [0.4, 0.5) is 10.5 Å². The predicted octanol–water partition coefficient (Wildman–Crippen LogP) is 3.68. The van der Waals surface area contributed by atoms with Crippen LogP contribution in [0.15, 0.2) is 35.9 Å². The Hall–Kier alpha value is -3.03. The fourth-order valence-corrected chi connectivity index (χ4v) is 3.10. The first-order chi connectivity index (χ1) is 13.2. The van der Waals surface area contributed by atoms with E-state index in [4.69, 9.17) is 27.9 Å². The Labute approximate surface area is 170 Å². The molecule has 3 rings (SSSR count). The van der Waals surface area contributed by atoms with Crippen LogP contribution >= 0.6 is 23.2 Å². The van der Waals surface area contributed by atoms with Gasteiger partial charge in [-0.25, -0.2) is 9.69 Å². The normalized spacial score (nSPS) is 15.8. The molecule has 1 fully saturated rings. The van der Waals surface area contributed by atoms with Crippen molar-refractivity contribution in [3.63, 3.8) is 0 Å². The average molecular weight is 421 g/mol. The second-order valence-corrected chi connectivity index (χ2v) is 6.71. The zero-order valence-electron chi connectivity index (χ0n) is 14.7. The monoisotopic (exact) mass is 420 g/mol. The van der Waals surface area contributed by atoms with Crippen LogP contribution in [0, 0.1) is 6.92 Å². The summed E-state index contributed by atoms with van der Waals surface area (Å²) >= 11 is 12.0. The number of methoxy groups -OCH3 is 1. The number of benzene rings is 2. The number of phenolic OH excluding ortho intramolecular Hbond substituents is 1. The molecular weight excluding hydrogens is 407 g/mol. The Bertz CT molecular complexity index is 1050. The molecule has 0 spiro atoms. The third kappa shape index (κ3) is 3.42. The van der Waals surface area contributed by atoms with Crippen LogP contribution in [0.5, 0.6) is 11.5 Å². The highest BCUT2D eigenvalue weighted by Gasteiger charge is 2.37. The molecule has 0 unspecified atom stereocenters. The van der Waals surface area contributed by atoms with E-state index in [1.807, 2.05) is 0 Å². The number of aromatic hydroxyl groups is 1. The first-order valence-corrected chi connectivity index (χ1v) is 8.73. The highest BCUT2D eigenvalue weighted by molar-refractivity contribution is 6.40. The molecule has 4 amide bonds. The number of hydrogen-bond donors (Lipinski definition) is 2. The molecule has 0 bridgehead atoms. The van der Waals surface area contributed by atoms with Gasteiger partial charge < -0.3 is 9.84 Å². The molecule has 2 aromatic rings. The van der Waals surface area contributed by atoms with Crippen molar-refractivity contribution in [2.75, 3.05) is 12.0 Å². The number of ether oxygens (including phenoxy) is 1. The standard InChI is InChI=1S/C19H14Cl2N2O5/c1-9-12(20)4-3-5-14(9)23-18(26)11(17(25)22-19(23)27)6-10-7-13(21)16(24)15(8-10)28-2/h3-8,24H,1-2H3,(H,22,25,27). The maximum atomic E-state index is 12.9. The average Bonchev–Trinajstić information content (AvgIpc) is 2.64. The lowest BCUT2D eigenvalue weighted by molar-refractivity contribution is -0.122. The molecular formula is C19H14Cl2N2O5. The van der Waals surface area contributed by atoms with Gasteiger partial charge in [0, 0.05) is 5.02 Å². The van der Waals surface area contributed by atoms with Crippen LogP contribution < -0.4 is 15.0 Å². The van der Waals surface area contributed by atoms with E-state index in [0.717, 1.165) is 4.90 Å². The number of carbonyl (C=O) groups is 3.